The van der Waals surface area contributed by atoms with Crippen molar-refractivity contribution in [1.29, 1.82) is 0 Å². The van der Waals surface area contributed by atoms with Crippen LogP contribution in [0.2, 0.25) is 0 Å². The van der Waals surface area contributed by atoms with E-state index in [1.54, 1.807) is 0 Å². The fourth-order valence-electron chi connectivity index (χ4n) is 2.58. The molecule has 0 spiro atoms. The second kappa shape index (κ2) is 5.53. The zero-order valence-electron chi connectivity index (χ0n) is 13.1. The van der Waals surface area contributed by atoms with Gasteiger partial charge in [-0.25, -0.2) is 0 Å². The van der Waals surface area contributed by atoms with Crippen LogP contribution in [-0.2, 0) is 13.1 Å². The van der Waals surface area contributed by atoms with Crippen LogP contribution < -0.4 is 5.32 Å². The third-order valence-corrected chi connectivity index (χ3v) is 4.14. The van der Waals surface area contributed by atoms with E-state index in [1.165, 1.54) is 37.8 Å². The third-order valence-electron chi connectivity index (χ3n) is 4.14. The van der Waals surface area contributed by atoms with Crippen molar-refractivity contribution in [3.8, 4) is 0 Å². The Labute approximate surface area is 122 Å². The lowest BCUT2D eigenvalue weighted by atomic mass is 10.1. The summed E-state index contributed by atoms with van der Waals surface area (Å²) in [6.45, 7) is 9.74. The minimum absolute atomic E-state index is 0.156. The molecule has 112 valence electrons. The zero-order valence-corrected chi connectivity index (χ0v) is 13.1. The lowest BCUT2D eigenvalue weighted by Gasteiger charge is -2.20. The van der Waals surface area contributed by atoms with Crippen molar-refractivity contribution in [3.05, 3.63) is 23.7 Å². The normalized spacial score (nSPS) is 19.8. The molecule has 3 rings (SSSR count). The standard InChI is InChI=1S/C17H28N2O/c1-17(2,3)18-9-14-8-16(20-12-14)11-19(15-6-7-15)10-13-4-5-13/h8,12-13,15,18H,4-7,9-11H2,1-3H3. The van der Waals surface area contributed by atoms with E-state index in [-0.39, 0.29) is 5.54 Å². The SMILES string of the molecule is CC(C)(C)NCc1coc(CN(CC2CC2)C2CC2)c1. The van der Waals surface area contributed by atoms with E-state index in [0.29, 0.717) is 0 Å². The Morgan fingerprint density at radius 1 is 1.25 bits per heavy atom. The van der Waals surface area contributed by atoms with Crippen molar-refractivity contribution < 1.29 is 4.42 Å². The van der Waals surface area contributed by atoms with Gasteiger partial charge < -0.3 is 9.73 Å². The Kier molecular flexibility index (Phi) is 3.91. The molecule has 0 aliphatic heterocycles. The smallest absolute Gasteiger partial charge is 0.118 e. The molecule has 3 nitrogen and oxygen atoms in total. The van der Waals surface area contributed by atoms with E-state index in [9.17, 15) is 0 Å². The number of hydrogen-bond donors (Lipinski definition) is 1. The van der Waals surface area contributed by atoms with Crippen LogP contribution in [0.3, 0.4) is 0 Å². The molecule has 1 heterocycles. The summed E-state index contributed by atoms with van der Waals surface area (Å²) in [5.74, 6) is 2.09. The van der Waals surface area contributed by atoms with Gasteiger partial charge in [0.2, 0.25) is 0 Å². The molecule has 1 aromatic rings. The monoisotopic (exact) mass is 276 g/mol. The first-order chi connectivity index (χ1) is 9.49. The average molecular weight is 276 g/mol. The van der Waals surface area contributed by atoms with Crippen molar-refractivity contribution in [2.24, 2.45) is 5.92 Å². The molecule has 3 heteroatoms. The Morgan fingerprint density at radius 2 is 2.00 bits per heavy atom. The number of furan rings is 1. The number of rotatable bonds is 7. The van der Waals surface area contributed by atoms with Gasteiger partial charge in [-0.1, -0.05) is 0 Å². The maximum absolute atomic E-state index is 5.76. The highest BCUT2D eigenvalue weighted by molar-refractivity contribution is 5.13. The van der Waals surface area contributed by atoms with Gasteiger partial charge in [-0.05, 0) is 58.4 Å². The van der Waals surface area contributed by atoms with Gasteiger partial charge in [0.15, 0.2) is 0 Å². The molecular formula is C17H28N2O. The Bertz CT molecular complexity index is 438. The van der Waals surface area contributed by atoms with E-state index >= 15 is 0 Å². The van der Waals surface area contributed by atoms with Gasteiger partial charge in [-0.2, -0.15) is 0 Å². The molecule has 1 aromatic heterocycles. The van der Waals surface area contributed by atoms with Crippen LogP contribution in [-0.4, -0.2) is 23.0 Å². The summed E-state index contributed by atoms with van der Waals surface area (Å²) in [5.41, 5.74) is 1.42. The molecule has 2 aliphatic rings. The van der Waals surface area contributed by atoms with Crippen molar-refractivity contribution in [2.45, 2.75) is 71.1 Å². The first-order valence-corrected chi connectivity index (χ1v) is 8.05. The van der Waals surface area contributed by atoms with Gasteiger partial charge in [0.25, 0.3) is 0 Å². The van der Waals surface area contributed by atoms with Crippen LogP contribution in [0.25, 0.3) is 0 Å². The average Bonchev–Trinajstić information content (AvgIpc) is 3.25. The lowest BCUT2D eigenvalue weighted by molar-refractivity contribution is 0.224. The fourth-order valence-corrected chi connectivity index (χ4v) is 2.58. The molecule has 0 amide bonds. The lowest BCUT2D eigenvalue weighted by Crippen LogP contribution is -2.34. The molecule has 0 bridgehead atoms. The van der Waals surface area contributed by atoms with Gasteiger partial charge >= 0.3 is 0 Å². The number of nitrogens with zero attached hydrogens (tertiary/aromatic N) is 1. The van der Waals surface area contributed by atoms with E-state index in [2.05, 4.69) is 37.1 Å². The highest BCUT2D eigenvalue weighted by Crippen LogP contribution is 2.35. The maximum Gasteiger partial charge on any atom is 0.118 e. The summed E-state index contributed by atoms with van der Waals surface area (Å²) in [4.78, 5) is 2.64. The topological polar surface area (TPSA) is 28.4 Å². The van der Waals surface area contributed by atoms with E-state index < -0.39 is 0 Å². The zero-order chi connectivity index (χ0) is 14.2. The molecule has 0 unspecified atom stereocenters. The molecule has 2 fully saturated rings. The minimum atomic E-state index is 0.156. The van der Waals surface area contributed by atoms with Crippen molar-refractivity contribution in [2.75, 3.05) is 6.54 Å². The molecule has 1 N–H and O–H groups in total. The summed E-state index contributed by atoms with van der Waals surface area (Å²) in [6, 6.07) is 3.05. The summed E-state index contributed by atoms with van der Waals surface area (Å²) < 4.78 is 5.76. The number of hydrogen-bond acceptors (Lipinski definition) is 3. The third kappa shape index (κ3) is 4.35. The molecule has 2 saturated carbocycles. The van der Waals surface area contributed by atoms with Crippen molar-refractivity contribution in [1.82, 2.24) is 10.2 Å². The predicted molar refractivity (Wildman–Crippen MR) is 81.5 cm³/mol. The van der Waals surface area contributed by atoms with Crippen molar-refractivity contribution >= 4 is 0 Å². The van der Waals surface area contributed by atoms with Gasteiger partial charge in [0.1, 0.15) is 5.76 Å². The van der Waals surface area contributed by atoms with E-state index in [4.69, 9.17) is 4.42 Å². The van der Waals surface area contributed by atoms with Crippen LogP contribution in [0.4, 0.5) is 0 Å². The van der Waals surface area contributed by atoms with Gasteiger partial charge in [-0.15, -0.1) is 0 Å². The first kappa shape index (κ1) is 14.2. The summed E-state index contributed by atoms with van der Waals surface area (Å²) in [6.07, 6.45) is 7.54. The molecule has 2 aliphatic carbocycles. The number of nitrogens with one attached hydrogen (secondary N) is 1. The van der Waals surface area contributed by atoms with Crippen LogP contribution >= 0.6 is 0 Å². The highest BCUT2D eigenvalue weighted by Gasteiger charge is 2.33. The molecule has 20 heavy (non-hydrogen) atoms. The highest BCUT2D eigenvalue weighted by atomic mass is 16.3. The van der Waals surface area contributed by atoms with E-state index in [0.717, 1.165) is 30.8 Å². The Balaban J connectivity index is 1.52. The van der Waals surface area contributed by atoms with Crippen LogP contribution in [0.5, 0.6) is 0 Å². The molecule has 0 radical (unpaired) electrons. The van der Waals surface area contributed by atoms with E-state index in [1.807, 2.05) is 6.26 Å². The second-order valence-corrected chi connectivity index (χ2v) is 7.63. The van der Waals surface area contributed by atoms with Crippen molar-refractivity contribution in [3.63, 3.8) is 0 Å². The van der Waals surface area contributed by atoms with Gasteiger partial charge in [-0.3, -0.25) is 4.90 Å². The quantitative estimate of drug-likeness (QED) is 0.825. The molecule has 0 atom stereocenters. The minimum Gasteiger partial charge on any atom is -0.468 e. The fraction of sp³-hybridized carbons (Fsp3) is 0.765. The van der Waals surface area contributed by atoms with Crippen LogP contribution in [0, 0.1) is 5.92 Å². The van der Waals surface area contributed by atoms with Crippen LogP contribution in [0.15, 0.2) is 16.7 Å². The first-order valence-electron chi connectivity index (χ1n) is 8.05. The van der Waals surface area contributed by atoms with Gasteiger partial charge in [0, 0.05) is 30.2 Å². The maximum atomic E-state index is 5.76. The summed E-state index contributed by atoms with van der Waals surface area (Å²) in [7, 11) is 0. The molecule has 0 aromatic carbocycles. The molecular weight excluding hydrogens is 248 g/mol. The van der Waals surface area contributed by atoms with Gasteiger partial charge in [0.05, 0.1) is 12.8 Å². The predicted octanol–water partition coefficient (Wildman–Crippen LogP) is 3.54. The largest absolute Gasteiger partial charge is 0.468 e. The molecule has 0 saturated heterocycles. The summed E-state index contributed by atoms with van der Waals surface area (Å²) >= 11 is 0. The summed E-state index contributed by atoms with van der Waals surface area (Å²) in [5, 5.41) is 3.51. The Hall–Kier alpha value is -0.800. The second-order valence-electron chi connectivity index (χ2n) is 7.63. The van der Waals surface area contributed by atoms with Crippen LogP contribution in [0.1, 0.15) is 57.8 Å². The Morgan fingerprint density at radius 3 is 2.60 bits per heavy atom.